The van der Waals surface area contributed by atoms with Crippen LogP contribution in [0.15, 0.2) is 10.7 Å². The number of nitrogens with zero attached hydrogens (tertiary/aromatic N) is 3. The number of rotatable bonds is 2. The minimum Gasteiger partial charge on any atom is -0.476 e. The van der Waals surface area contributed by atoms with Gasteiger partial charge in [0, 0.05) is 19.2 Å². The molecule has 0 bridgehead atoms. The van der Waals surface area contributed by atoms with Gasteiger partial charge in [-0.3, -0.25) is 0 Å². The summed E-state index contributed by atoms with van der Waals surface area (Å²) in [6.07, 6.45) is 2.18. The maximum Gasteiger partial charge on any atom is 0.355 e. The first-order valence-electron chi connectivity index (χ1n) is 5.88. The summed E-state index contributed by atoms with van der Waals surface area (Å²) < 4.78 is 11.6. The number of ether oxygens (including phenoxy) is 2. The van der Waals surface area contributed by atoms with Gasteiger partial charge in [-0.05, 0) is 15.9 Å². The van der Waals surface area contributed by atoms with E-state index in [0.717, 1.165) is 6.42 Å². The van der Waals surface area contributed by atoms with E-state index in [-0.39, 0.29) is 5.69 Å². The van der Waals surface area contributed by atoms with Gasteiger partial charge < -0.3 is 19.5 Å². The fraction of sp³-hybridized carbons (Fsp3) is 0.545. The summed E-state index contributed by atoms with van der Waals surface area (Å²) in [6, 6.07) is 0. The Kier molecular flexibility index (Phi) is 3.15. The van der Waals surface area contributed by atoms with Crippen molar-refractivity contribution in [1.82, 2.24) is 9.97 Å². The number of hydrogen-bond donors (Lipinski definition) is 1. The molecule has 102 valence electrons. The van der Waals surface area contributed by atoms with Crippen molar-refractivity contribution in [2.45, 2.75) is 12.2 Å². The third-order valence-electron chi connectivity index (χ3n) is 3.22. The molecule has 7 nitrogen and oxygen atoms in total. The van der Waals surface area contributed by atoms with Crippen molar-refractivity contribution in [2.75, 3.05) is 31.2 Å². The lowest BCUT2D eigenvalue weighted by Crippen LogP contribution is -2.35. The third-order valence-corrected chi connectivity index (χ3v) is 3.81. The largest absolute Gasteiger partial charge is 0.476 e. The van der Waals surface area contributed by atoms with Crippen LogP contribution in [0.1, 0.15) is 16.9 Å². The zero-order valence-electron chi connectivity index (χ0n) is 10.0. The lowest BCUT2D eigenvalue weighted by atomic mass is 10.2. The number of aromatic carboxylic acids is 1. The van der Waals surface area contributed by atoms with Crippen molar-refractivity contribution in [3.63, 3.8) is 0 Å². The molecule has 0 radical (unpaired) electrons. The number of anilines is 1. The van der Waals surface area contributed by atoms with Crippen molar-refractivity contribution in [3.8, 4) is 0 Å². The fourth-order valence-corrected chi connectivity index (χ4v) is 2.68. The van der Waals surface area contributed by atoms with Crippen LogP contribution in [0.4, 0.5) is 5.95 Å². The molecule has 3 heterocycles. The van der Waals surface area contributed by atoms with Crippen molar-refractivity contribution >= 4 is 27.8 Å². The maximum atomic E-state index is 11.1. The SMILES string of the molecule is O=C(O)c1nc(N2CCC3(C2)OCCO3)ncc1Br. The number of carboxylic acid groups (broad SMARTS) is 1. The van der Waals surface area contributed by atoms with Gasteiger partial charge in [0.25, 0.3) is 0 Å². The number of hydrogen-bond acceptors (Lipinski definition) is 6. The van der Waals surface area contributed by atoms with Gasteiger partial charge in [0.1, 0.15) is 0 Å². The molecule has 1 spiro atoms. The molecule has 2 fully saturated rings. The highest BCUT2D eigenvalue weighted by molar-refractivity contribution is 9.10. The Morgan fingerprint density at radius 1 is 1.47 bits per heavy atom. The predicted octanol–water partition coefficient (Wildman–Crippen LogP) is 0.890. The normalized spacial score (nSPS) is 21.2. The van der Waals surface area contributed by atoms with E-state index >= 15 is 0 Å². The average molecular weight is 330 g/mol. The Morgan fingerprint density at radius 3 is 2.89 bits per heavy atom. The predicted molar refractivity (Wildman–Crippen MR) is 68.2 cm³/mol. The first kappa shape index (κ1) is 12.8. The molecule has 0 amide bonds. The maximum absolute atomic E-state index is 11.1. The zero-order valence-corrected chi connectivity index (χ0v) is 11.6. The van der Waals surface area contributed by atoms with Crippen LogP contribution in [-0.4, -0.2) is 53.1 Å². The Bertz CT molecular complexity index is 519. The first-order valence-corrected chi connectivity index (χ1v) is 6.68. The van der Waals surface area contributed by atoms with Gasteiger partial charge in [-0.1, -0.05) is 0 Å². The molecule has 0 atom stereocenters. The number of carboxylic acids is 1. The number of halogens is 1. The summed E-state index contributed by atoms with van der Waals surface area (Å²) >= 11 is 3.13. The molecule has 3 rings (SSSR count). The second-order valence-electron chi connectivity index (χ2n) is 4.45. The summed E-state index contributed by atoms with van der Waals surface area (Å²) in [7, 11) is 0. The Hall–Kier alpha value is -1.25. The van der Waals surface area contributed by atoms with Gasteiger partial charge in [-0.25, -0.2) is 14.8 Å². The topological polar surface area (TPSA) is 84.8 Å². The number of carbonyl (C=O) groups is 1. The molecular weight excluding hydrogens is 318 g/mol. The van der Waals surface area contributed by atoms with E-state index in [9.17, 15) is 4.79 Å². The Morgan fingerprint density at radius 2 is 2.21 bits per heavy atom. The summed E-state index contributed by atoms with van der Waals surface area (Å²) in [4.78, 5) is 21.1. The van der Waals surface area contributed by atoms with E-state index in [2.05, 4.69) is 25.9 Å². The van der Waals surface area contributed by atoms with Crippen LogP contribution in [0, 0.1) is 0 Å². The standard InChI is InChI=1S/C11H12BrN3O4/c12-7-5-13-10(14-8(7)9(16)17)15-2-1-11(6-15)18-3-4-19-11/h5H,1-4,6H2,(H,16,17). The highest BCUT2D eigenvalue weighted by atomic mass is 79.9. The van der Waals surface area contributed by atoms with Gasteiger partial charge >= 0.3 is 5.97 Å². The highest BCUT2D eigenvalue weighted by Crippen LogP contribution is 2.32. The van der Waals surface area contributed by atoms with Crippen LogP contribution >= 0.6 is 15.9 Å². The van der Waals surface area contributed by atoms with Gasteiger partial charge in [-0.2, -0.15) is 0 Å². The van der Waals surface area contributed by atoms with Crippen molar-refractivity contribution < 1.29 is 19.4 Å². The molecule has 8 heteroatoms. The van der Waals surface area contributed by atoms with E-state index < -0.39 is 11.8 Å². The molecule has 0 saturated carbocycles. The third kappa shape index (κ3) is 2.31. The molecule has 0 aromatic carbocycles. The van der Waals surface area contributed by atoms with Gasteiger partial charge in [-0.15, -0.1) is 0 Å². The van der Waals surface area contributed by atoms with Gasteiger partial charge in [0.15, 0.2) is 11.5 Å². The van der Waals surface area contributed by atoms with Crippen molar-refractivity contribution in [3.05, 3.63) is 16.4 Å². The minimum atomic E-state index is -1.09. The molecule has 0 unspecified atom stereocenters. The second-order valence-corrected chi connectivity index (χ2v) is 5.31. The van der Waals surface area contributed by atoms with Crippen molar-refractivity contribution in [2.24, 2.45) is 0 Å². The van der Waals surface area contributed by atoms with Crippen LogP contribution in [0.3, 0.4) is 0 Å². The monoisotopic (exact) mass is 329 g/mol. The lowest BCUT2D eigenvalue weighted by molar-refractivity contribution is -0.138. The first-order chi connectivity index (χ1) is 9.10. The lowest BCUT2D eigenvalue weighted by Gasteiger charge is -2.22. The summed E-state index contributed by atoms with van der Waals surface area (Å²) in [5.41, 5.74) is -0.0424. The van der Waals surface area contributed by atoms with Crippen molar-refractivity contribution in [1.29, 1.82) is 0 Å². The fourth-order valence-electron chi connectivity index (χ4n) is 2.32. The Labute approximate surface area is 117 Å². The molecule has 2 saturated heterocycles. The van der Waals surface area contributed by atoms with E-state index in [0.29, 0.717) is 36.7 Å². The van der Waals surface area contributed by atoms with E-state index in [1.165, 1.54) is 6.20 Å². The summed E-state index contributed by atoms with van der Waals surface area (Å²) in [5, 5.41) is 9.05. The molecule has 1 aromatic rings. The van der Waals surface area contributed by atoms with E-state index in [1.54, 1.807) is 0 Å². The summed E-state index contributed by atoms with van der Waals surface area (Å²) in [6.45, 7) is 2.39. The molecule has 19 heavy (non-hydrogen) atoms. The molecule has 0 aliphatic carbocycles. The highest BCUT2D eigenvalue weighted by Gasteiger charge is 2.44. The van der Waals surface area contributed by atoms with Crippen LogP contribution in [0.2, 0.25) is 0 Å². The smallest absolute Gasteiger partial charge is 0.355 e. The van der Waals surface area contributed by atoms with Crippen LogP contribution in [0.5, 0.6) is 0 Å². The molecule has 1 N–H and O–H groups in total. The van der Waals surface area contributed by atoms with Gasteiger partial charge in [0.05, 0.1) is 24.2 Å². The molecule has 2 aliphatic rings. The number of aromatic nitrogens is 2. The summed E-state index contributed by atoms with van der Waals surface area (Å²) in [5.74, 6) is -1.27. The molecule has 1 aromatic heterocycles. The Balaban J connectivity index is 1.83. The van der Waals surface area contributed by atoms with Gasteiger partial charge in [0.2, 0.25) is 5.95 Å². The van der Waals surface area contributed by atoms with Crippen LogP contribution in [-0.2, 0) is 9.47 Å². The quantitative estimate of drug-likeness (QED) is 0.862. The van der Waals surface area contributed by atoms with Crippen LogP contribution < -0.4 is 4.90 Å². The molecular formula is C11H12BrN3O4. The minimum absolute atomic E-state index is 0.0424. The molecule has 2 aliphatic heterocycles. The van der Waals surface area contributed by atoms with Crippen LogP contribution in [0.25, 0.3) is 0 Å². The van der Waals surface area contributed by atoms with E-state index in [1.807, 2.05) is 4.90 Å². The average Bonchev–Trinajstić information content (AvgIpc) is 3.01. The van der Waals surface area contributed by atoms with E-state index in [4.69, 9.17) is 14.6 Å². The zero-order chi connectivity index (χ0) is 13.5. The second kappa shape index (κ2) is 4.69.